The van der Waals surface area contributed by atoms with E-state index in [1.807, 2.05) is 36.4 Å². The fraction of sp³-hybridized carbons (Fsp3) is 0.158. The first-order chi connectivity index (χ1) is 11.8. The zero-order chi connectivity index (χ0) is 16.5. The molecule has 0 amide bonds. The Morgan fingerprint density at radius 1 is 1.17 bits per heavy atom. The molecule has 1 aliphatic rings. The summed E-state index contributed by atoms with van der Waals surface area (Å²) in [5, 5.41) is 4.93. The molecule has 0 aliphatic carbocycles. The van der Waals surface area contributed by atoms with Crippen molar-refractivity contribution >= 4 is 16.7 Å². The lowest BCUT2D eigenvalue weighted by molar-refractivity contribution is 0.414. The smallest absolute Gasteiger partial charge is 0.193 e. The standard InChI is InChI=1S/C19H16N2O3/c1-23-13-8-6-12(7-9-13)15-11-20-21-19(15)18-10-16(22)14-4-2-3-5-17(14)24-18/h2-10,15,20H,11H2,1H3. The Labute approximate surface area is 138 Å². The lowest BCUT2D eigenvalue weighted by Gasteiger charge is -2.12. The van der Waals surface area contributed by atoms with Crippen molar-refractivity contribution < 1.29 is 9.15 Å². The molecule has 1 aliphatic heterocycles. The van der Waals surface area contributed by atoms with Gasteiger partial charge in [0.05, 0.1) is 18.4 Å². The summed E-state index contributed by atoms with van der Waals surface area (Å²) in [4.78, 5) is 12.3. The third kappa shape index (κ3) is 2.44. The van der Waals surface area contributed by atoms with Crippen molar-refractivity contribution in [3.63, 3.8) is 0 Å². The zero-order valence-electron chi connectivity index (χ0n) is 13.2. The van der Waals surface area contributed by atoms with Gasteiger partial charge in [0.15, 0.2) is 11.2 Å². The van der Waals surface area contributed by atoms with Crippen molar-refractivity contribution in [1.82, 2.24) is 5.43 Å². The quantitative estimate of drug-likeness (QED) is 0.806. The summed E-state index contributed by atoms with van der Waals surface area (Å²) < 4.78 is 11.1. The molecular weight excluding hydrogens is 304 g/mol. The summed E-state index contributed by atoms with van der Waals surface area (Å²) in [6.07, 6.45) is 0. The van der Waals surface area contributed by atoms with Gasteiger partial charge in [0, 0.05) is 12.6 Å². The van der Waals surface area contributed by atoms with E-state index in [1.165, 1.54) is 6.07 Å². The number of benzene rings is 2. The number of methoxy groups -OCH3 is 1. The summed E-state index contributed by atoms with van der Waals surface area (Å²) in [7, 11) is 1.64. The molecule has 1 unspecified atom stereocenters. The number of nitrogens with zero attached hydrogens (tertiary/aromatic N) is 1. The molecule has 2 heterocycles. The fourth-order valence-corrected chi connectivity index (χ4v) is 2.97. The van der Waals surface area contributed by atoms with Crippen LogP contribution in [0, 0.1) is 0 Å². The second kappa shape index (κ2) is 5.85. The van der Waals surface area contributed by atoms with Crippen LogP contribution in [0.5, 0.6) is 5.75 Å². The molecule has 1 atom stereocenters. The number of nitrogens with one attached hydrogen (secondary N) is 1. The van der Waals surface area contributed by atoms with Crippen LogP contribution in [0.1, 0.15) is 17.2 Å². The third-order valence-electron chi connectivity index (χ3n) is 4.23. The van der Waals surface area contributed by atoms with E-state index in [4.69, 9.17) is 9.15 Å². The van der Waals surface area contributed by atoms with Gasteiger partial charge in [-0.15, -0.1) is 0 Å². The maximum Gasteiger partial charge on any atom is 0.193 e. The van der Waals surface area contributed by atoms with Crippen molar-refractivity contribution in [3.8, 4) is 5.75 Å². The number of ether oxygens (including phenoxy) is 1. The highest BCUT2D eigenvalue weighted by Crippen LogP contribution is 2.27. The number of hydrazone groups is 1. The van der Waals surface area contributed by atoms with Crippen LogP contribution in [0.15, 0.2) is 68.9 Å². The van der Waals surface area contributed by atoms with Gasteiger partial charge in [0.2, 0.25) is 0 Å². The first-order valence-corrected chi connectivity index (χ1v) is 7.74. The monoisotopic (exact) mass is 320 g/mol. The largest absolute Gasteiger partial charge is 0.497 e. The van der Waals surface area contributed by atoms with Crippen LogP contribution >= 0.6 is 0 Å². The minimum atomic E-state index is -0.0602. The lowest BCUT2D eigenvalue weighted by Crippen LogP contribution is -2.16. The summed E-state index contributed by atoms with van der Waals surface area (Å²) in [5.74, 6) is 1.34. The van der Waals surface area contributed by atoms with Crippen molar-refractivity contribution in [3.05, 3.63) is 76.1 Å². The minimum absolute atomic E-state index is 0.0280. The van der Waals surface area contributed by atoms with Gasteiger partial charge < -0.3 is 14.6 Å². The van der Waals surface area contributed by atoms with Crippen LogP contribution in [0.3, 0.4) is 0 Å². The predicted octanol–water partition coefficient (Wildman–Crippen LogP) is 2.89. The van der Waals surface area contributed by atoms with E-state index in [2.05, 4.69) is 10.5 Å². The Morgan fingerprint density at radius 2 is 1.96 bits per heavy atom. The van der Waals surface area contributed by atoms with Gasteiger partial charge in [-0.25, -0.2) is 0 Å². The molecule has 4 rings (SSSR count). The van der Waals surface area contributed by atoms with E-state index in [0.717, 1.165) is 17.0 Å². The maximum atomic E-state index is 12.3. The van der Waals surface area contributed by atoms with E-state index in [-0.39, 0.29) is 11.3 Å². The number of hydrogen-bond acceptors (Lipinski definition) is 5. The van der Waals surface area contributed by atoms with Gasteiger partial charge in [-0.1, -0.05) is 24.3 Å². The minimum Gasteiger partial charge on any atom is -0.497 e. The van der Waals surface area contributed by atoms with Crippen molar-refractivity contribution in [2.45, 2.75) is 5.92 Å². The Hall–Kier alpha value is -3.08. The van der Waals surface area contributed by atoms with E-state index in [9.17, 15) is 4.79 Å². The van der Waals surface area contributed by atoms with Gasteiger partial charge in [-0.05, 0) is 29.8 Å². The number of hydrogen-bond donors (Lipinski definition) is 1. The summed E-state index contributed by atoms with van der Waals surface area (Å²) in [6.45, 7) is 0.665. The molecular formula is C19H16N2O3. The molecule has 0 radical (unpaired) electrons. The molecule has 2 aromatic carbocycles. The van der Waals surface area contributed by atoms with Gasteiger partial charge in [0.25, 0.3) is 0 Å². The molecule has 3 aromatic rings. The molecule has 1 aromatic heterocycles. The Balaban J connectivity index is 1.76. The van der Waals surface area contributed by atoms with Crippen LogP contribution in [0.25, 0.3) is 11.0 Å². The Kier molecular flexibility index (Phi) is 3.54. The first-order valence-electron chi connectivity index (χ1n) is 7.74. The molecule has 0 fully saturated rings. The van der Waals surface area contributed by atoms with Crippen molar-refractivity contribution in [2.24, 2.45) is 5.10 Å². The van der Waals surface area contributed by atoms with Crippen LogP contribution in [-0.2, 0) is 0 Å². The van der Waals surface area contributed by atoms with Crippen molar-refractivity contribution in [1.29, 1.82) is 0 Å². The second-order valence-electron chi connectivity index (χ2n) is 5.66. The Bertz CT molecular complexity index is 974. The van der Waals surface area contributed by atoms with E-state index < -0.39 is 0 Å². The molecule has 0 bridgehead atoms. The number of rotatable bonds is 3. The second-order valence-corrected chi connectivity index (χ2v) is 5.66. The molecule has 120 valence electrons. The number of para-hydroxylation sites is 1. The zero-order valence-corrected chi connectivity index (χ0v) is 13.2. The first kappa shape index (κ1) is 14.5. The van der Waals surface area contributed by atoms with Crippen molar-refractivity contribution in [2.75, 3.05) is 13.7 Å². The van der Waals surface area contributed by atoms with Gasteiger partial charge in [0.1, 0.15) is 17.0 Å². The fourth-order valence-electron chi connectivity index (χ4n) is 2.97. The van der Waals surface area contributed by atoms with Crippen LogP contribution in [0.4, 0.5) is 0 Å². The summed E-state index contributed by atoms with van der Waals surface area (Å²) in [6, 6.07) is 16.6. The van der Waals surface area contributed by atoms with Crippen LogP contribution in [-0.4, -0.2) is 19.4 Å². The average Bonchev–Trinajstić information content (AvgIpc) is 3.11. The molecule has 24 heavy (non-hydrogen) atoms. The summed E-state index contributed by atoms with van der Waals surface area (Å²) in [5.41, 5.74) is 5.35. The molecule has 5 heteroatoms. The van der Waals surface area contributed by atoms with Crippen LogP contribution in [0.2, 0.25) is 0 Å². The number of fused-ring (bicyclic) bond motifs is 1. The highest BCUT2D eigenvalue weighted by molar-refractivity contribution is 6.04. The highest BCUT2D eigenvalue weighted by Gasteiger charge is 2.27. The molecule has 0 saturated carbocycles. The predicted molar refractivity (Wildman–Crippen MR) is 92.8 cm³/mol. The maximum absolute atomic E-state index is 12.3. The SMILES string of the molecule is COc1ccc(C2CNN=C2c2cc(=O)c3ccccc3o2)cc1. The molecule has 5 nitrogen and oxygen atoms in total. The molecule has 1 N–H and O–H groups in total. The average molecular weight is 320 g/mol. The van der Waals surface area contributed by atoms with Gasteiger partial charge in [-0.2, -0.15) is 5.10 Å². The lowest BCUT2D eigenvalue weighted by atomic mass is 9.93. The third-order valence-corrected chi connectivity index (χ3v) is 4.23. The van der Waals surface area contributed by atoms with Gasteiger partial charge >= 0.3 is 0 Å². The van der Waals surface area contributed by atoms with E-state index in [0.29, 0.717) is 23.3 Å². The van der Waals surface area contributed by atoms with Gasteiger partial charge in [-0.3, -0.25) is 4.79 Å². The molecule has 0 saturated heterocycles. The topological polar surface area (TPSA) is 63.8 Å². The highest BCUT2D eigenvalue weighted by atomic mass is 16.5. The normalized spacial score (nSPS) is 16.7. The van der Waals surface area contributed by atoms with E-state index in [1.54, 1.807) is 19.2 Å². The Morgan fingerprint density at radius 3 is 2.75 bits per heavy atom. The van der Waals surface area contributed by atoms with E-state index >= 15 is 0 Å². The summed E-state index contributed by atoms with van der Waals surface area (Å²) >= 11 is 0. The van der Waals surface area contributed by atoms with Crippen LogP contribution < -0.4 is 15.6 Å². The molecule has 0 spiro atoms.